The molecule has 0 unspecified atom stereocenters. The molecule has 0 saturated carbocycles. The molecule has 0 heterocycles. The molecule has 0 aliphatic rings. The highest BCUT2D eigenvalue weighted by atomic mass is 79.9. The zero-order chi connectivity index (χ0) is 26.8. The molecule has 0 fully saturated rings. The molecule has 0 radical (unpaired) electrons. The van der Waals surface area contributed by atoms with Crippen LogP contribution in [-0.2, 0) is 0 Å². The van der Waals surface area contributed by atoms with Crippen molar-refractivity contribution in [1.82, 2.24) is 0 Å². The van der Waals surface area contributed by atoms with Crippen LogP contribution in [0.25, 0.3) is 0 Å². The second-order valence-electron chi connectivity index (χ2n) is 7.77. The second-order valence-corrected chi connectivity index (χ2v) is 8.68. The molecule has 0 saturated heterocycles. The van der Waals surface area contributed by atoms with Gasteiger partial charge in [-0.05, 0) is 45.0 Å². The Labute approximate surface area is 228 Å². The van der Waals surface area contributed by atoms with Crippen molar-refractivity contribution < 1.29 is 19.2 Å². The third-order valence-electron chi connectivity index (χ3n) is 4.54. The van der Waals surface area contributed by atoms with Crippen LogP contribution < -0.4 is 0 Å². The van der Waals surface area contributed by atoms with E-state index in [-0.39, 0.29) is 7.43 Å². The van der Waals surface area contributed by atoms with Crippen molar-refractivity contribution in [2.75, 3.05) is 0 Å². The van der Waals surface area contributed by atoms with E-state index in [1.54, 1.807) is 24.3 Å². The third kappa shape index (κ3) is 14.9. The Morgan fingerprint density at radius 2 is 0.838 bits per heavy atom. The molecule has 37 heavy (non-hydrogen) atoms. The molecule has 0 atom stereocenters. The highest BCUT2D eigenvalue weighted by Crippen LogP contribution is 2.08. The largest absolute Gasteiger partial charge is 0.298 e. The predicted octanol–water partition coefficient (Wildman–Crippen LogP) is 8.32. The second kappa shape index (κ2) is 19.3. The quantitative estimate of drug-likeness (QED) is 0.235. The van der Waals surface area contributed by atoms with Crippen molar-refractivity contribution >= 4 is 41.1 Å². The Hall–Kier alpha value is -3.96. The number of hydrogen-bond acceptors (Lipinski definition) is 4. The van der Waals surface area contributed by atoms with Gasteiger partial charge in [-0.25, -0.2) is 0 Å². The molecule has 5 heteroatoms. The van der Waals surface area contributed by atoms with Gasteiger partial charge in [0.25, 0.3) is 0 Å². The van der Waals surface area contributed by atoms with Gasteiger partial charge in [0, 0.05) is 26.7 Å². The van der Waals surface area contributed by atoms with E-state index in [4.69, 9.17) is 0 Å². The third-order valence-corrected chi connectivity index (χ3v) is 5.06. The zero-order valence-corrected chi connectivity index (χ0v) is 22.1. The molecule has 4 nitrogen and oxygen atoms in total. The number of carbonyl (C=O) groups excluding carboxylic acids is 4. The smallest absolute Gasteiger partial charge is 0.150 e. The van der Waals surface area contributed by atoms with Gasteiger partial charge in [-0.2, -0.15) is 0 Å². The van der Waals surface area contributed by atoms with E-state index in [9.17, 15) is 19.2 Å². The first-order valence-electron chi connectivity index (χ1n) is 11.1. The molecule has 0 N–H and O–H groups in total. The first kappa shape index (κ1) is 33.0. The Morgan fingerprint density at radius 1 is 0.459 bits per heavy atom. The van der Waals surface area contributed by atoms with Crippen molar-refractivity contribution in [2.24, 2.45) is 0 Å². The molecule has 0 spiro atoms. The predicted molar refractivity (Wildman–Crippen MR) is 156 cm³/mol. The molecule has 0 aliphatic carbocycles. The maximum absolute atomic E-state index is 10.3. The lowest BCUT2D eigenvalue weighted by Crippen LogP contribution is -1.83. The number of halogens is 1. The summed E-state index contributed by atoms with van der Waals surface area (Å²) >= 11 is 3.26. The summed E-state index contributed by atoms with van der Waals surface area (Å²) in [5.74, 6) is 0. The van der Waals surface area contributed by atoms with Crippen LogP contribution in [0.4, 0.5) is 0 Å². The number of aldehydes is 4. The standard InChI is InChI=1S/C9H10O.C8H8O.C7H5BrO.C7H6O.CH4/c1-7-3-8(2)5-9(4-7)6-10;1-7-2-4-8(6-9)5-3-7;8-7-3-1-6(5-9)2-4-7;8-6-7-4-2-1-3-5-7;/h3-6H,1-2H3;2-6H,1H3;1-5H;1-6H;1H4. The summed E-state index contributed by atoms with van der Waals surface area (Å²) in [5.41, 5.74) is 6.40. The van der Waals surface area contributed by atoms with E-state index in [2.05, 4.69) is 15.9 Å². The number of rotatable bonds is 4. The minimum atomic E-state index is 0. The molecule has 0 amide bonds. The lowest BCUT2D eigenvalue weighted by molar-refractivity contribution is 0.111. The van der Waals surface area contributed by atoms with Crippen LogP contribution in [0.1, 0.15) is 65.5 Å². The Morgan fingerprint density at radius 3 is 1.22 bits per heavy atom. The fourth-order valence-corrected chi connectivity index (χ4v) is 3.06. The van der Waals surface area contributed by atoms with E-state index in [0.29, 0.717) is 5.56 Å². The average molecular weight is 562 g/mol. The zero-order valence-electron chi connectivity index (χ0n) is 20.6. The van der Waals surface area contributed by atoms with E-state index in [1.807, 2.05) is 93.6 Å². The highest BCUT2D eigenvalue weighted by Gasteiger charge is 1.91. The molecule has 192 valence electrons. The molecule has 0 aromatic heterocycles. The number of hydrogen-bond donors (Lipinski definition) is 0. The Bertz CT molecular complexity index is 1150. The van der Waals surface area contributed by atoms with Crippen LogP contribution in [0.15, 0.2) is 102 Å². The lowest BCUT2D eigenvalue weighted by atomic mass is 10.1. The van der Waals surface area contributed by atoms with Crippen LogP contribution in [0.3, 0.4) is 0 Å². The molecular weight excluding hydrogens is 528 g/mol. The van der Waals surface area contributed by atoms with Gasteiger partial charge in [-0.1, -0.05) is 113 Å². The summed E-state index contributed by atoms with van der Waals surface area (Å²) in [7, 11) is 0. The van der Waals surface area contributed by atoms with E-state index < -0.39 is 0 Å². The van der Waals surface area contributed by atoms with Crippen LogP contribution in [-0.4, -0.2) is 25.1 Å². The van der Waals surface area contributed by atoms with Crippen molar-refractivity contribution in [3.63, 3.8) is 0 Å². The maximum atomic E-state index is 10.3. The minimum absolute atomic E-state index is 0. The summed E-state index contributed by atoms with van der Waals surface area (Å²) in [6, 6.07) is 29.5. The molecular formula is C32H33BrO4. The van der Waals surface area contributed by atoms with Gasteiger partial charge in [0.2, 0.25) is 0 Å². The number of carbonyl (C=O) groups is 4. The lowest BCUT2D eigenvalue weighted by Gasteiger charge is -1.96. The van der Waals surface area contributed by atoms with Gasteiger partial charge < -0.3 is 0 Å². The van der Waals surface area contributed by atoms with Crippen molar-refractivity contribution in [1.29, 1.82) is 0 Å². The number of aryl methyl sites for hydroxylation is 3. The molecule has 0 aliphatic heterocycles. The first-order chi connectivity index (χ1) is 17.3. The summed E-state index contributed by atoms with van der Waals surface area (Å²) in [4.78, 5) is 40.5. The average Bonchev–Trinajstić information content (AvgIpc) is 2.90. The molecule has 4 rings (SSSR count). The van der Waals surface area contributed by atoms with Gasteiger partial charge in [-0.3, -0.25) is 19.2 Å². The fraction of sp³-hybridized carbons (Fsp3) is 0.125. The molecule has 4 aromatic rings. The summed E-state index contributed by atoms with van der Waals surface area (Å²) in [6.45, 7) is 5.97. The van der Waals surface area contributed by atoms with Crippen LogP contribution in [0.5, 0.6) is 0 Å². The summed E-state index contributed by atoms with van der Waals surface area (Å²) in [6.07, 6.45) is 3.38. The SMILES string of the molecule is C.Cc1cc(C)cc(C=O)c1.Cc1ccc(C=O)cc1.O=Cc1ccc(Br)cc1.O=Cc1ccccc1. The van der Waals surface area contributed by atoms with Crippen LogP contribution >= 0.6 is 15.9 Å². The van der Waals surface area contributed by atoms with Gasteiger partial charge in [0.05, 0.1) is 0 Å². The van der Waals surface area contributed by atoms with Crippen molar-refractivity contribution in [2.45, 2.75) is 28.2 Å². The maximum Gasteiger partial charge on any atom is 0.150 e. The van der Waals surface area contributed by atoms with Crippen molar-refractivity contribution in [3.05, 3.63) is 140 Å². The first-order valence-corrected chi connectivity index (χ1v) is 11.9. The number of benzene rings is 4. The highest BCUT2D eigenvalue weighted by molar-refractivity contribution is 9.10. The minimum Gasteiger partial charge on any atom is -0.298 e. The Balaban J connectivity index is 0.000000464. The van der Waals surface area contributed by atoms with E-state index >= 15 is 0 Å². The molecule has 4 aromatic carbocycles. The topological polar surface area (TPSA) is 68.3 Å². The molecule has 0 bridgehead atoms. The monoisotopic (exact) mass is 560 g/mol. The van der Waals surface area contributed by atoms with E-state index in [1.165, 1.54) is 5.56 Å². The Kier molecular flexibility index (Phi) is 17.2. The fourth-order valence-electron chi connectivity index (χ4n) is 2.80. The van der Waals surface area contributed by atoms with E-state index in [0.717, 1.165) is 57.4 Å². The summed E-state index contributed by atoms with van der Waals surface area (Å²) in [5, 5.41) is 0. The summed E-state index contributed by atoms with van der Waals surface area (Å²) < 4.78 is 0.994. The van der Waals surface area contributed by atoms with Crippen LogP contribution in [0.2, 0.25) is 0 Å². The van der Waals surface area contributed by atoms with Gasteiger partial charge >= 0.3 is 0 Å². The van der Waals surface area contributed by atoms with Gasteiger partial charge in [0.15, 0.2) is 0 Å². The normalized spacial score (nSPS) is 8.76. The van der Waals surface area contributed by atoms with Gasteiger partial charge in [-0.15, -0.1) is 0 Å². The van der Waals surface area contributed by atoms with Crippen molar-refractivity contribution in [3.8, 4) is 0 Å². The van der Waals surface area contributed by atoms with Gasteiger partial charge in [0.1, 0.15) is 25.1 Å². The van der Waals surface area contributed by atoms with Crippen LogP contribution in [0, 0.1) is 20.8 Å².